The summed E-state index contributed by atoms with van der Waals surface area (Å²) in [6, 6.07) is 24.7. The Hall–Kier alpha value is -4.76. The SMILES string of the molecule is COc1ccc(C)cc1N1C(=O)C(Nc2ccccc2)=C(Sc2ccc(NC(=O)c3ccco3)cc2)C1=O. The van der Waals surface area contributed by atoms with Crippen molar-refractivity contribution in [3.63, 3.8) is 0 Å². The summed E-state index contributed by atoms with van der Waals surface area (Å²) >= 11 is 1.16. The average molecular weight is 526 g/mol. The highest BCUT2D eigenvalue weighted by Gasteiger charge is 2.41. The highest BCUT2D eigenvalue weighted by atomic mass is 32.2. The molecule has 0 radical (unpaired) electrons. The van der Waals surface area contributed by atoms with Crippen molar-refractivity contribution in [3.8, 4) is 5.75 Å². The van der Waals surface area contributed by atoms with Gasteiger partial charge in [0.2, 0.25) is 0 Å². The van der Waals surface area contributed by atoms with Crippen LogP contribution < -0.4 is 20.3 Å². The maximum Gasteiger partial charge on any atom is 0.291 e. The smallest absolute Gasteiger partial charge is 0.291 e. The fraction of sp³-hybridized carbons (Fsp3) is 0.0690. The van der Waals surface area contributed by atoms with Gasteiger partial charge in [-0.3, -0.25) is 14.4 Å². The van der Waals surface area contributed by atoms with Crippen molar-refractivity contribution in [2.24, 2.45) is 0 Å². The third-order valence-corrected chi connectivity index (χ3v) is 6.83. The van der Waals surface area contributed by atoms with E-state index < -0.39 is 11.8 Å². The summed E-state index contributed by atoms with van der Waals surface area (Å²) < 4.78 is 10.6. The topological polar surface area (TPSA) is 101 Å². The number of anilines is 3. The molecule has 5 rings (SSSR count). The van der Waals surface area contributed by atoms with Crippen LogP contribution in [0, 0.1) is 6.92 Å². The van der Waals surface area contributed by atoms with E-state index >= 15 is 0 Å². The van der Waals surface area contributed by atoms with Crippen LogP contribution in [0.1, 0.15) is 16.1 Å². The molecule has 1 aliphatic rings. The number of carbonyl (C=O) groups is 3. The Labute approximate surface area is 223 Å². The maximum atomic E-state index is 13.7. The van der Waals surface area contributed by atoms with Crippen LogP contribution in [-0.2, 0) is 9.59 Å². The van der Waals surface area contributed by atoms with Crippen LogP contribution in [0.3, 0.4) is 0 Å². The Morgan fingerprint density at radius 3 is 2.34 bits per heavy atom. The van der Waals surface area contributed by atoms with Gasteiger partial charge in [0.25, 0.3) is 17.7 Å². The molecule has 2 heterocycles. The standard InChI is InChI=1S/C29H23N3O5S/c1-18-10-15-23(36-2)22(17-18)32-28(34)25(30-19-7-4-3-5-8-19)26(29(32)35)38-21-13-11-20(12-14-21)31-27(33)24-9-6-16-37-24/h3-17,30H,1-2H3,(H,31,33). The quantitative estimate of drug-likeness (QED) is 0.279. The molecule has 0 unspecified atom stereocenters. The number of thioether (sulfide) groups is 1. The largest absolute Gasteiger partial charge is 0.495 e. The summed E-state index contributed by atoms with van der Waals surface area (Å²) in [5.41, 5.74) is 2.67. The number of hydrogen-bond acceptors (Lipinski definition) is 7. The number of furan rings is 1. The van der Waals surface area contributed by atoms with Gasteiger partial charge in [0.05, 0.1) is 19.1 Å². The molecule has 38 heavy (non-hydrogen) atoms. The lowest BCUT2D eigenvalue weighted by Crippen LogP contribution is -2.32. The van der Waals surface area contributed by atoms with E-state index in [-0.39, 0.29) is 22.3 Å². The van der Waals surface area contributed by atoms with Crippen molar-refractivity contribution in [3.05, 3.63) is 113 Å². The highest BCUT2D eigenvalue weighted by molar-refractivity contribution is 8.04. The molecule has 8 nitrogen and oxygen atoms in total. The van der Waals surface area contributed by atoms with E-state index in [4.69, 9.17) is 9.15 Å². The number of amides is 3. The molecule has 0 saturated heterocycles. The summed E-state index contributed by atoms with van der Waals surface area (Å²) in [4.78, 5) is 41.7. The first-order valence-electron chi connectivity index (χ1n) is 11.7. The Bertz CT molecular complexity index is 1530. The molecule has 1 aliphatic heterocycles. The highest BCUT2D eigenvalue weighted by Crippen LogP contribution is 2.41. The molecule has 3 aromatic carbocycles. The number of nitrogens with one attached hydrogen (secondary N) is 2. The third-order valence-electron chi connectivity index (χ3n) is 5.74. The Morgan fingerprint density at radius 1 is 0.895 bits per heavy atom. The van der Waals surface area contributed by atoms with Gasteiger partial charge in [0, 0.05) is 16.3 Å². The molecule has 0 atom stereocenters. The van der Waals surface area contributed by atoms with Gasteiger partial charge < -0.3 is 19.8 Å². The molecule has 9 heteroatoms. The van der Waals surface area contributed by atoms with Gasteiger partial charge in [-0.25, -0.2) is 4.90 Å². The number of methoxy groups -OCH3 is 1. The molecule has 190 valence electrons. The number of para-hydroxylation sites is 1. The number of hydrogen-bond donors (Lipinski definition) is 2. The van der Waals surface area contributed by atoms with Gasteiger partial charge in [-0.2, -0.15) is 0 Å². The summed E-state index contributed by atoms with van der Waals surface area (Å²) in [6.45, 7) is 1.88. The lowest BCUT2D eigenvalue weighted by molar-refractivity contribution is -0.120. The monoisotopic (exact) mass is 525 g/mol. The molecule has 2 N–H and O–H groups in total. The van der Waals surface area contributed by atoms with Crippen molar-refractivity contribution in [2.75, 3.05) is 22.6 Å². The fourth-order valence-electron chi connectivity index (χ4n) is 3.90. The minimum absolute atomic E-state index is 0.171. The van der Waals surface area contributed by atoms with Gasteiger partial charge in [0.1, 0.15) is 16.4 Å². The summed E-state index contributed by atoms with van der Waals surface area (Å²) in [7, 11) is 1.50. The van der Waals surface area contributed by atoms with E-state index in [0.29, 0.717) is 27.7 Å². The molecule has 0 aliphatic carbocycles. The maximum absolute atomic E-state index is 13.7. The zero-order chi connectivity index (χ0) is 26.6. The van der Waals surface area contributed by atoms with Crippen molar-refractivity contribution in [2.45, 2.75) is 11.8 Å². The molecular formula is C29H23N3O5S. The van der Waals surface area contributed by atoms with Crippen LogP contribution in [0.4, 0.5) is 17.1 Å². The number of aryl methyl sites for hydroxylation is 1. The van der Waals surface area contributed by atoms with Gasteiger partial charge in [0.15, 0.2) is 5.76 Å². The van der Waals surface area contributed by atoms with E-state index in [1.165, 1.54) is 13.4 Å². The molecule has 0 bridgehead atoms. The molecular weight excluding hydrogens is 502 g/mol. The normalized spacial score (nSPS) is 13.2. The molecule has 4 aromatic rings. The van der Waals surface area contributed by atoms with E-state index in [1.807, 2.05) is 43.3 Å². The number of imide groups is 1. The van der Waals surface area contributed by atoms with Gasteiger partial charge >= 0.3 is 0 Å². The average Bonchev–Trinajstić information content (AvgIpc) is 3.54. The number of nitrogens with zero attached hydrogens (tertiary/aromatic N) is 1. The lowest BCUT2D eigenvalue weighted by Gasteiger charge is -2.19. The lowest BCUT2D eigenvalue weighted by atomic mass is 10.2. The first-order chi connectivity index (χ1) is 18.4. The Balaban J connectivity index is 1.45. The predicted molar refractivity (Wildman–Crippen MR) is 146 cm³/mol. The van der Waals surface area contributed by atoms with E-state index in [0.717, 1.165) is 22.2 Å². The summed E-state index contributed by atoms with van der Waals surface area (Å²) in [5.74, 6) is -0.692. The third kappa shape index (κ3) is 5.05. The van der Waals surface area contributed by atoms with Crippen molar-refractivity contribution in [1.29, 1.82) is 0 Å². The molecule has 0 fully saturated rings. The second-order valence-electron chi connectivity index (χ2n) is 8.37. The van der Waals surface area contributed by atoms with Crippen LogP contribution in [0.2, 0.25) is 0 Å². The van der Waals surface area contributed by atoms with Gasteiger partial charge in [-0.05, 0) is 73.2 Å². The molecule has 0 saturated carbocycles. The zero-order valence-electron chi connectivity index (χ0n) is 20.6. The summed E-state index contributed by atoms with van der Waals surface area (Å²) in [6.07, 6.45) is 1.43. The van der Waals surface area contributed by atoms with Gasteiger partial charge in [-0.1, -0.05) is 36.0 Å². The second kappa shape index (κ2) is 10.7. The van der Waals surface area contributed by atoms with E-state index in [1.54, 1.807) is 48.5 Å². The van der Waals surface area contributed by atoms with Crippen LogP contribution in [-0.4, -0.2) is 24.8 Å². The number of benzene rings is 3. The van der Waals surface area contributed by atoms with Crippen molar-refractivity contribution in [1.82, 2.24) is 0 Å². The van der Waals surface area contributed by atoms with Crippen molar-refractivity contribution < 1.29 is 23.5 Å². The number of carbonyl (C=O) groups excluding carboxylic acids is 3. The van der Waals surface area contributed by atoms with Crippen LogP contribution in [0.25, 0.3) is 0 Å². The zero-order valence-corrected chi connectivity index (χ0v) is 21.4. The van der Waals surface area contributed by atoms with Crippen molar-refractivity contribution >= 4 is 46.5 Å². The molecule has 3 amide bonds. The first-order valence-corrected chi connectivity index (χ1v) is 12.5. The minimum Gasteiger partial charge on any atom is -0.495 e. The predicted octanol–water partition coefficient (Wildman–Crippen LogP) is 5.84. The number of ether oxygens (including phenoxy) is 1. The number of rotatable bonds is 8. The second-order valence-corrected chi connectivity index (χ2v) is 9.46. The fourth-order valence-corrected chi connectivity index (χ4v) is 4.83. The van der Waals surface area contributed by atoms with Crippen LogP contribution >= 0.6 is 11.8 Å². The minimum atomic E-state index is -0.479. The Kier molecular flexibility index (Phi) is 7.01. The van der Waals surface area contributed by atoms with E-state index in [9.17, 15) is 14.4 Å². The van der Waals surface area contributed by atoms with Crippen LogP contribution in [0.5, 0.6) is 5.75 Å². The molecule has 0 spiro atoms. The van der Waals surface area contributed by atoms with Crippen LogP contribution in [0.15, 0.2) is 111 Å². The first kappa shape index (κ1) is 24.9. The summed E-state index contributed by atoms with van der Waals surface area (Å²) in [5, 5.41) is 5.89. The molecule has 1 aromatic heterocycles. The Morgan fingerprint density at radius 2 is 1.66 bits per heavy atom. The van der Waals surface area contributed by atoms with E-state index in [2.05, 4.69) is 10.6 Å². The van der Waals surface area contributed by atoms with Gasteiger partial charge in [-0.15, -0.1) is 0 Å².